The van der Waals surface area contributed by atoms with Crippen molar-refractivity contribution in [1.82, 2.24) is 15.1 Å². The van der Waals surface area contributed by atoms with Gasteiger partial charge in [-0.05, 0) is 49.1 Å². The van der Waals surface area contributed by atoms with Crippen molar-refractivity contribution >= 4 is 34.6 Å². The highest BCUT2D eigenvalue weighted by atomic mass is 16.6. The van der Waals surface area contributed by atoms with Gasteiger partial charge in [0.2, 0.25) is 11.8 Å². The van der Waals surface area contributed by atoms with Crippen molar-refractivity contribution in [3.8, 4) is 0 Å². The van der Waals surface area contributed by atoms with Crippen molar-refractivity contribution in [2.45, 2.75) is 64.6 Å². The topological polar surface area (TPSA) is 105 Å². The number of fused-ring (bicyclic) bond motifs is 1. The minimum absolute atomic E-state index is 0.183. The number of esters is 1. The molecule has 0 aliphatic heterocycles. The second-order valence-corrected chi connectivity index (χ2v) is 11.6. The van der Waals surface area contributed by atoms with E-state index in [0.29, 0.717) is 6.42 Å². The molecule has 0 aliphatic rings. The Balaban J connectivity index is 1.90. The second-order valence-electron chi connectivity index (χ2n) is 11.6. The van der Waals surface area contributed by atoms with Crippen LogP contribution in [0.3, 0.4) is 0 Å². The fraction of sp³-hybridized carbons (Fsp3) is 0.412. The van der Waals surface area contributed by atoms with Crippen LogP contribution >= 0.6 is 0 Å². The summed E-state index contributed by atoms with van der Waals surface area (Å²) in [5.74, 6) is -1.12. The molecule has 1 unspecified atom stereocenters. The molecule has 0 bridgehead atoms. The third kappa shape index (κ3) is 10.1. The zero-order chi connectivity index (χ0) is 31.6. The van der Waals surface area contributed by atoms with E-state index in [1.54, 1.807) is 34.9 Å². The van der Waals surface area contributed by atoms with Gasteiger partial charge in [0.05, 0.1) is 6.61 Å². The van der Waals surface area contributed by atoms with Crippen LogP contribution in [0.4, 0.5) is 4.79 Å². The van der Waals surface area contributed by atoms with Gasteiger partial charge in [0.15, 0.2) is 0 Å². The molecule has 3 aromatic carbocycles. The number of carbonyl (C=O) groups is 4. The maximum absolute atomic E-state index is 14.2. The van der Waals surface area contributed by atoms with Crippen molar-refractivity contribution in [2.75, 3.05) is 27.2 Å². The molecule has 3 aromatic rings. The average Bonchev–Trinajstić information content (AvgIpc) is 2.96. The zero-order valence-corrected chi connectivity index (χ0v) is 26.0. The summed E-state index contributed by atoms with van der Waals surface area (Å²) in [6.07, 6.45) is 0.311. The lowest BCUT2D eigenvalue weighted by Crippen LogP contribution is -2.56. The minimum atomic E-state index is -0.934. The number of carbonyl (C=O) groups excluding carboxylic acids is 4. The summed E-state index contributed by atoms with van der Waals surface area (Å²) < 4.78 is 10.6. The first-order valence-corrected chi connectivity index (χ1v) is 14.5. The van der Waals surface area contributed by atoms with E-state index in [1.807, 2.05) is 72.8 Å². The average molecular weight is 590 g/mol. The number of benzene rings is 3. The maximum Gasteiger partial charge on any atom is 0.410 e. The molecule has 3 rings (SSSR count). The molecule has 230 valence electrons. The molecule has 0 aliphatic carbocycles. The quantitative estimate of drug-likeness (QED) is 0.241. The largest absolute Gasteiger partial charge is 0.466 e. The first-order chi connectivity index (χ1) is 20.4. The zero-order valence-electron chi connectivity index (χ0n) is 26.0. The lowest BCUT2D eigenvalue weighted by Gasteiger charge is -2.35. The Labute approximate surface area is 254 Å². The summed E-state index contributed by atoms with van der Waals surface area (Å²) in [4.78, 5) is 54.7. The van der Waals surface area contributed by atoms with Crippen LogP contribution in [0.15, 0.2) is 72.8 Å². The van der Waals surface area contributed by atoms with Crippen LogP contribution in [0.2, 0.25) is 0 Å². The van der Waals surface area contributed by atoms with E-state index in [9.17, 15) is 19.2 Å². The molecule has 0 radical (unpaired) electrons. The van der Waals surface area contributed by atoms with E-state index in [2.05, 4.69) is 5.32 Å². The number of nitrogens with zero attached hydrogens (tertiary/aromatic N) is 2. The second kappa shape index (κ2) is 15.2. The molecule has 0 saturated carbocycles. The van der Waals surface area contributed by atoms with Crippen LogP contribution < -0.4 is 5.32 Å². The standard InChI is InChI=1S/C34H43N3O6/c1-24(38)42-20-12-19-35-31(39)29(22-25-13-8-7-9-14-25)36(5)32(40)30(37(6)33(41)43-34(2,3)4)23-26-17-18-27-15-10-11-16-28(27)21-26/h7-11,13-18,21,29-30H,12,19-20,22-23H2,1-6H3,(H,35,39)/t29?,30-/m1/s1. The number of amides is 3. The van der Waals surface area contributed by atoms with E-state index in [-0.39, 0.29) is 37.9 Å². The summed E-state index contributed by atoms with van der Waals surface area (Å²) >= 11 is 0. The highest BCUT2D eigenvalue weighted by Gasteiger charge is 2.36. The first kappa shape index (κ1) is 33.1. The Morgan fingerprint density at radius 1 is 0.791 bits per heavy atom. The van der Waals surface area contributed by atoms with Crippen LogP contribution in [0.25, 0.3) is 10.8 Å². The smallest absolute Gasteiger partial charge is 0.410 e. The highest BCUT2D eigenvalue weighted by molar-refractivity contribution is 5.92. The molecule has 0 fully saturated rings. The maximum atomic E-state index is 14.2. The number of hydrogen-bond donors (Lipinski definition) is 1. The molecule has 43 heavy (non-hydrogen) atoms. The SMILES string of the molecule is CC(=O)OCCCNC(=O)C(Cc1ccccc1)N(C)C(=O)[C@@H](Cc1ccc2ccccc2c1)N(C)C(=O)OC(C)(C)C. The van der Waals surface area contributed by atoms with Crippen LogP contribution in [-0.2, 0) is 36.7 Å². The Morgan fingerprint density at radius 2 is 1.42 bits per heavy atom. The molecule has 0 aromatic heterocycles. The van der Waals surface area contributed by atoms with Crippen molar-refractivity contribution in [3.63, 3.8) is 0 Å². The summed E-state index contributed by atoms with van der Waals surface area (Å²) in [7, 11) is 3.14. The predicted molar refractivity (Wildman–Crippen MR) is 166 cm³/mol. The summed E-state index contributed by atoms with van der Waals surface area (Å²) in [6.45, 7) is 7.10. The van der Waals surface area contributed by atoms with E-state index < -0.39 is 29.7 Å². The van der Waals surface area contributed by atoms with Crippen molar-refractivity contribution in [1.29, 1.82) is 0 Å². The molecular formula is C34H43N3O6. The van der Waals surface area contributed by atoms with Gasteiger partial charge in [-0.15, -0.1) is 0 Å². The van der Waals surface area contributed by atoms with Gasteiger partial charge in [0.1, 0.15) is 17.7 Å². The van der Waals surface area contributed by atoms with E-state index in [1.165, 1.54) is 16.7 Å². The Bertz CT molecular complexity index is 1400. The summed E-state index contributed by atoms with van der Waals surface area (Å²) in [6, 6.07) is 21.5. The fourth-order valence-electron chi connectivity index (χ4n) is 4.69. The van der Waals surface area contributed by atoms with Gasteiger partial charge in [-0.25, -0.2) is 4.79 Å². The van der Waals surface area contributed by atoms with Crippen LogP contribution in [-0.4, -0.2) is 78.6 Å². The number of hydrogen-bond acceptors (Lipinski definition) is 6. The lowest BCUT2D eigenvalue weighted by molar-refractivity contribution is -0.143. The molecule has 0 spiro atoms. The number of likely N-dealkylation sites (N-methyl/N-ethyl adjacent to an activating group) is 2. The first-order valence-electron chi connectivity index (χ1n) is 14.5. The molecular weight excluding hydrogens is 546 g/mol. The van der Waals surface area contributed by atoms with E-state index in [0.717, 1.165) is 21.9 Å². The van der Waals surface area contributed by atoms with Gasteiger partial charge < -0.3 is 19.7 Å². The number of nitrogens with one attached hydrogen (secondary N) is 1. The molecule has 9 nitrogen and oxygen atoms in total. The van der Waals surface area contributed by atoms with Crippen LogP contribution in [0.5, 0.6) is 0 Å². The monoisotopic (exact) mass is 589 g/mol. The van der Waals surface area contributed by atoms with Crippen molar-refractivity contribution in [2.24, 2.45) is 0 Å². The lowest BCUT2D eigenvalue weighted by atomic mass is 9.98. The predicted octanol–water partition coefficient (Wildman–Crippen LogP) is 4.76. The normalized spacial score (nSPS) is 12.6. The molecule has 3 amide bonds. The molecule has 0 heterocycles. The van der Waals surface area contributed by atoms with Crippen molar-refractivity contribution < 1.29 is 28.7 Å². The van der Waals surface area contributed by atoms with Crippen LogP contribution in [0.1, 0.15) is 45.2 Å². The Kier molecular flexibility index (Phi) is 11.7. The van der Waals surface area contributed by atoms with Gasteiger partial charge >= 0.3 is 12.1 Å². The van der Waals surface area contributed by atoms with Gasteiger partial charge in [-0.2, -0.15) is 0 Å². The fourth-order valence-corrected chi connectivity index (χ4v) is 4.69. The Morgan fingerprint density at radius 3 is 2.07 bits per heavy atom. The van der Waals surface area contributed by atoms with Crippen LogP contribution in [0, 0.1) is 0 Å². The van der Waals surface area contributed by atoms with E-state index in [4.69, 9.17) is 9.47 Å². The Hall–Kier alpha value is -4.40. The number of rotatable bonds is 12. The molecule has 2 atom stereocenters. The summed E-state index contributed by atoms with van der Waals surface area (Å²) in [5, 5.41) is 4.97. The number of ether oxygens (including phenoxy) is 2. The molecule has 1 N–H and O–H groups in total. The van der Waals surface area contributed by atoms with E-state index >= 15 is 0 Å². The van der Waals surface area contributed by atoms with Gasteiger partial charge in [0.25, 0.3) is 0 Å². The third-order valence-electron chi connectivity index (χ3n) is 6.99. The van der Waals surface area contributed by atoms with Gasteiger partial charge in [-0.3, -0.25) is 19.3 Å². The molecule has 9 heteroatoms. The third-order valence-corrected chi connectivity index (χ3v) is 6.99. The minimum Gasteiger partial charge on any atom is -0.466 e. The summed E-state index contributed by atoms with van der Waals surface area (Å²) in [5.41, 5.74) is 1.000. The molecule has 0 saturated heterocycles. The van der Waals surface area contributed by atoms with Gasteiger partial charge in [0, 0.05) is 40.4 Å². The van der Waals surface area contributed by atoms with Gasteiger partial charge in [-0.1, -0.05) is 72.8 Å². The highest BCUT2D eigenvalue weighted by Crippen LogP contribution is 2.21. The van der Waals surface area contributed by atoms with Crippen molar-refractivity contribution in [3.05, 3.63) is 83.9 Å².